The van der Waals surface area contributed by atoms with E-state index in [4.69, 9.17) is 28.4 Å². The first-order chi connectivity index (χ1) is 49.3. The monoisotopic (exact) mass is 1430 g/mol. The fourth-order valence-electron chi connectivity index (χ4n) is 13.3. The third-order valence-corrected chi connectivity index (χ3v) is 19.7. The molecule has 1 amide bonds. The molecule has 3 aliphatic rings. The van der Waals surface area contributed by atoms with Gasteiger partial charge in [-0.15, -0.1) is 0 Å². The maximum absolute atomic E-state index is 13.5. The number of nitrogens with one attached hydrogen (secondary N) is 1. The predicted molar refractivity (Wildman–Crippen MR) is 401 cm³/mol. The van der Waals surface area contributed by atoms with Crippen molar-refractivity contribution in [2.45, 2.75) is 401 Å². The molecule has 0 aromatic heterocycles. The number of amides is 1. The van der Waals surface area contributed by atoms with Gasteiger partial charge in [-0.25, -0.2) is 0 Å². The fourth-order valence-corrected chi connectivity index (χ4v) is 13.3. The molecule has 17 atom stereocenters. The van der Waals surface area contributed by atoms with E-state index < -0.39 is 124 Å². The van der Waals surface area contributed by atoms with E-state index in [0.29, 0.717) is 12.8 Å². The molecular formula is C82H145NO18. The van der Waals surface area contributed by atoms with Gasteiger partial charge in [0, 0.05) is 6.42 Å². The predicted octanol–water partition coefficient (Wildman–Crippen LogP) is 13.4. The second-order valence-corrected chi connectivity index (χ2v) is 28.5. The molecule has 19 heteroatoms. The van der Waals surface area contributed by atoms with E-state index in [2.05, 4.69) is 104 Å². The lowest BCUT2D eigenvalue weighted by molar-refractivity contribution is -0.379. The normalized spacial score (nSPS) is 26.8. The van der Waals surface area contributed by atoms with Crippen LogP contribution in [0.2, 0.25) is 0 Å². The van der Waals surface area contributed by atoms with Crippen molar-refractivity contribution < 1.29 is 89.4 Å². The molecule has 3 saturated heterocycles. The number of carbonyl (C=O) groups excluding carboxylic acids is 1. The Kier molecular flexibility index (Phi) is 56.6. The van der Waals surface area contributed by atoms with Crippen LogP contribution in [0.5, 0.6) is 0 Å². The lowest BCUT2D eigenvalue weighted by Gasteiger charge is -2.48. The molecule has 101 heavy (non-hydrogen) atoms. The molecule has 0 aliphatic carbocycles. The summed E-state index contributed by atoms with van der Waals surface area (Å²) >= 11 is 0. The molecule has 3 fully saturated rings. The summed E-state index contributed by atoms with van der Waals surface area (Å²) in [5, 5.41) is 121. The van der Waals surface area contributed by atoms with E-state index in [0.717, 1.165) is 116 Å². The number of unbranched alkanes of at least 4 members (excludes halogenated alkanes) is 33. The van der Waals surface area contributed by atoms with E-state index in [1.165, 1.54) is 148 Å². The summed E-state index contributed by atoms with van der Waals surface area (Å²) in [5.41, 5.74) is 0. The van der Waals surface area contributed by atoms with Crippen LogP contribution in [-0.2, 0) is 33.2 Å². The highest BCUT2D eigenvalue weighted by atomic mass is 16.8. The Labute approximate surface area is 610 Å². The lowest BCUT2D eigenvalue weighted by Crippen LogP contribution is -2.66. The van der Waals surface area contributed by atoms with Gasteiger partial charge in [0.25, 0.3) is 0 Å². The summed E-state index contributed by atoms with van der Waals surface area (Å²) in [4.78, 5) is 13.5. The van der Waals surface area contributed by atoms with Gasteiger partial charge in [-0.1, -0.05) is 304 Å². The van der Waals surface area contributed by atoms with Crippen LogP contribution >= 0.6 is 0 Å². The number of allylic oxidation sites excluding steroid dienone is 14. The van der Waals surface area contributed by atoms with Crippen LogP contribution in [0.15, 0.2) is 85.1 Å². The Morgan fingerprint density at radius 1 is 0.366 bits per heavy atom. The Morgan fingerprint density at radius 3 is 1.07 bits per heavy atom. The standard InChI is InChI=1S/C82H145NO18/c1-3-5-7-9-11-13-15-17-19-21-23-25-27-29-31-32-34-36-38-40-42-44-46-48-50-52-54-56-58-60-70(88)83-65(66(87)59-57-55-53-51-49-47-45-43-41-39-37-35-33-30-28-26-24-22-20-18-16-14-12-10-8-6-4-2)64-96-80-76(94)73(91)78(68(62-85)98-80)101-82-77(95)74(92)79(69(63-86)99-82)100-81-75(93)72(90)71(89)67(61-84)97-81/h5,7,11,13,17,19,23,25,29,31,34,36,40,42,65-69,71-82,84-87,89-95H,3-4,6,8-10,12,14-16,18,20-22,24,26-28,30,32-33,35,37-39,41,43-64H2,1-2H3,(H,83,88)/b7-5-,13-11-,19-17-,25-23-,31-29-,36-34-,42-40-. The number of aliphatic hydroxyl groups excluding tert-OH is 11. The van der Waals surface area contributed by atoms with Crippen LogP contribution in [0.25, 0.3) is 0 Å². The number of hydrogen-bond acceptors (Lipinski definition) is 18. The van der Waals surface area contributed by atoms with Crippen LogP contribution in [0.1, 0.15) is 296 Å². The molecule has 3 rings (SSSR count). The average Bonchev–Trinajstić information content (AvgIpc) is 0.796. The number of aliphatic hydroxyl groups is 11. The Bertz CT molecular complexity index is 2150. The molecule has 12 N–H and O–H groups in total. The summed E-state index contributed by atoms with van der Waals surface area (Å²) in [7, 11) is 0. The van der Waals surface area contributed by atoms with Crippen molar-refractivity contribution in [1.82, 2.24) is 5.32 Å². The molecule has 3 heterocycles. The van der Waals surface area contributed by atoms with Crippen molar-refractivity contribution in [3.05, 3.63) is 85.1 Å². The van der Waals surface area contributed by atoms with Crippen LogP contribution in [0.4, 0.5) is 0 Å². The second kappa shape index (κ2) is 62.1. The van der Waals surface area contributed by atoms with Gasteiger partial charge in [0.1, 0.15) is 73.2 Å². The lowest BCUT2D eigenvalue weighted by atomic mass is 9.96. The van der Waals surface area contributed by atoms with Crippen molar-refractivity contribution >= 4 is 5.91 Å². The van der Waals surface area contributed by atoms with Crippen LogP contribution in [0.3, 0.4) is 0 Å². The smallest absolute Gasteiger partial charge is 0.220 e. The zero-order chi connectivity index (χ0) is 73.2. The van der Waals surface area contributed by atoms with Crippen LogP contribution in [-0.4, -0.2) is 193 Å². The van der Waals surface area contributed by atoms with Gasteiger partial charge < -0.3 is 89.9 Å². The first-order valence-electron chi connectivity index (χ1n) is 40.3. The van der Waals surface area contributed by atoms with Crippen LogP contribution < -0.4 is 5.32 Å². The summed E-state index contributed by atoms with van der Waals surface area (Å²) in [5.74, 6) is -0.254. The molecule has 0 spiro atoms. The Morgan fingerprint density at radius 2 is 0.683 bits per heavy atom. The fraction of sp³-hybridized carbons (Fsp3) is 0.817. The van der Waals surface area contributed by atoms with Crippen molar-refractivity contribution in [2.24, 2.45) is 0 Å². The van der Waals surface area contributed by atoms with Crippen molar-refractivity contribution in [1.29, 1.82) is 0 Å². The number of rotatable bonds is 63. The largest absolute Gasteiger partial charge is 0.394 e. The average molecular weight is 1430 g/mol. The molecule has 3 aliphatic heterocycles. The molecule has 17 unspecified atom stereocenters. The van der Waals surface area contributed by atoms with Gasteiger partial charge >= 0.3 is 0 Å². The molecule has 19 nitrogen and oxygen atoms in total. The van der Waals surface area contributed by atoms with Gasteiger partial charge in [0.15, 0.2) is 18.9 Å². The zero-order valence-electron chi connectivity index (χ0n) is 62.6. The SMILES string of the molecule is CC/C=C\C/C=C\C/C=C\C/C=C\C/C=C\C/C=C\C/C=C\CCCCCCCCCC(=O)NC(COC1OC(CO)C(OC2OC(CO)C(OC3OC(CO)C(O)C(O)C3O)C(O)C2O)C(O)C1O)C(O)CCCCCCCCCCCCCCCCCCCCCCCCCCCCC. The minimum absolute atomic E-state index is 0.249. The summed E-state index contributed by atoms with van der Waals surface area (Å²) < 4.78 is 34.5. The maximum Gasteiger partial charge on any atom is 0.220 e. The van der Waals surface area contributed by atoms with E-state index in [9.17, 15) is 61.0 Å². The summed E-state index contributed by atoms with van der Waals surface area (Å²) in [6.45, 7) is 1.71. The summed E-state index contributed by atoms with van der Waals surface area (Å²) in [6, 6.07) is -0.901. The topological polar surface area (TPSA) is 307 Å². The molecular weight excluding hydrogens is 1290 g/mol. The van der Waals surface area contributed by atoms with E-state index in [1.54, 1.807) is 0 Å². The number of hydrogen-bond donors (Lipinski definition) is 12. The highest BCUT2D eigenvalue weighted by Crippen LogP contribution is 2.33. The van der Waals surface area contributed by atoms with E-state index >= 15 is 0 Å². The van der Waals surface area contributed by atoms with Gasteiger partial charge in [-0.05, 0) is 70.6 Å². The number of carbonyl (C=O) groups is 1. The first kappa shape index (κ1) is 92.2. The van der Waals surface area contributed by atoms with Crippen molar-refractivity contribution in [3.63, 3.8) is 0 Å². The molecule has 0 radical (unpaired) electrons. The minimum atomic E-state index is -1.98. The maximum atomic E-state index is 13.5. The Hall–Kier alpha value is -3.03. The van der Waals surface area contributed by atoms with Gasteiger partial charge in [0.05, 0.1) is 38.6 Å². The molecule has 0 aromatic rings. The second-order valence-electron chi connectivity index (χ2n) is 28.5. The third-order valence-electron chi connectivity index (χ3n) is 19.7. The van der Waals surface area contributed by atoms with E-state index in [1.807, 2.05) is 0 Å². The highest BCUT2D eigenvalue weighted by molar-refractivity contribution is 5.76. The highest BCUT2D eigenvalue weighted by Gasteiger charge is 2.54. The molecule has 0 aromatic carbocycles. The molecule has 0 bridgehead atoms. The van der Waals surface area contributed by atoms with Crippen LogP contribution in [0, 0.1) is 0 Å². The Balaban J connectivity index is 1.38. The summed E-state index contributed by atoms with van der Waals surface area (Å²) in [6.07, 6.45) is 55.1. The van der Waals surface area contributed by atoms with E-state index in [-0.39, 0.29) is 18.9 Å². The molecule has 0 saturated carbocycles. The zero-order valence-corrected chi connectivity index (χ0v) is 62.6. The first-order valence-corrected chi connectivity index (χ1v) is 40.3. The van der Waals surface area contributed by atoms with Gasteiger partial charge in [0.2, 0.25) is 5.91 Å². The minimum Gasteiger partial charge on any atom is -0.394 e. The quantitative estimate of drug-likeness (QED) is 0.0199. The van der Waals surface area contributed by atoms with Gasteiger partial charge in [-0.3, -0.25) is 4.79 Å². The molecule has 586 valence electrons. The van der Waals surface area contributed by atoms with Crippen molar-refractivity contribution in [2.75, 3.05) is 26.4 Å². The van der Waals surface area contributed by atoms with Crippen molar-refractivity contribution in [3.8, 4) is 0 Å². The third kappa shape index (κ3) is 42.2. The number of ether oxygens (including phenoxy) is 6. The van der Waals surface area contributed by atoms with Gasteiger partial charge in [-0.2, -0.15) is 0 Å².